The number of ether oxygens (including phenoxy) is 1. The van der Waals surface area contributed by atoms with E-state index in [0.717, 1.165) is 12.5 Å². The van der Waals surface area contributed by atoms with Crippen LogP contribution in [0.3, 0.4) is 0 Å². The van der Waals surface area contributed by atoms with Gasteiger partial charge in [-0.05, 0) is 12.3 Å². The van der Waals surface area contributed by atoms with E-state index < -0.39 is 0 Å². The number of alkyl halides is 1. The minimum absolute atomic E-state index is 0.493. The molecular weight excluding hydrogens is 203 g/mol. The molecule has 0 aromatic carbocycles. The molecule has 0 aromatic heterocycles. The van der Waals surface area contributed by atoms with E-state index in [1.54, 1.807) is 0 Å². The van der Waals surface area contributed by atoms with Crippen LogP contribution in [0.25, 0.3) is 0 Å². The maximum absolute atomic E-state index is 5.25. The summed E-state index contributed by atoms with van der Waals surface area (Å²) in [5.74, 6) is 0.793. The Labute approximate surface area is 57.6 Å². The average Bonchev–Trinajstić information content (AvgIpc) is 1.87. The van der Waals surface area contributed by atoms with Crippen molar-refractivity contribution in [2.75, 3.05) is 6.61 Å². The van der Waals surface area contributed by atoms with Crippen LogP contribution in [0.15, 0.2) is 0 Å². The van der Waals surface area contributed by atoms with Gasteiger partial charge in [-0.1, -0.05) is 29.5 Å². The van der Waals surface area contributed by atoms with E-state index in [1.807, 2.05) is 0 Å². The van der Waals surface area contributed by atoms with E-state index in [4.69, 9.17) is 4.74 Å². The maximum Gasteiger partial charge on any atom is 0.109 e. The molecule has 0 amide bonds. The second-order valence-electron chi connectivity index (χ2n) is 2.08. The maximum atomic E-state index is 5.25. The number of hydrogen-bond donors (Lipinski definition) is 0. The highest BCUT2D eigenvalue weighted by Gasteiger charge is 2.17. The Morgan fingerprint density at radius 3 is 2.57 bits per heavy atom. The molecule has 2 heteroatoms. The van der Waals surface area contributed by atoms with Crippen LogP contribution in [0.2, 0.25) is 0 Å². The lowest BCUT2D eigenvalue weighted by Crippen LogP contribution is -1.88. The van der Waals surface area contributed by atoms with Crippen LogP contribution < -0.4 is 0 Å². The molecule has 0 aliphatic carbocycles. The van der Waals surface area contributed by atoms with Crippen molar-refractivity contribution in [3.8, 4) is 0 Å². The van der Waals surface area contributed by atoms with Gasteiger partial charge in [-0.15, -0.1) is 0 Å². The predicted molar refractivity (Wildman–Crippen MR) is 37.5 cm³/mol. The first-order valence-corrected chi connectivity index (χ1v) is 3.79. The normalized spacial score (nSPS) is 42.0. The first-order chi connectivity index (χ1) is 3.29. The third-order valence-corrected chi connectivity index (χ3v) is 2.02. The van der Waals surface area contributed by atoms with Gasteiger partial charge in [0.15, 0.2) is 0 Å². The second-order valence-corrected chi connectivity index (χ2v) is 3.47. The SMILES string of the molecule is CC1COC(I)C1. The van der Waals surface area contributed by atoms with Crippen molar-refractivity contribution in [1.82, 2.24) is 0 Å². The minimum Gasteiger partial charge on any atom is -0.368 e. The zero-order valence-electron chi connectivity index (χ0n) is 4.36. The molecule has 0 saturated carbocycles. The van der Waals surface area contributed by atoms with Gasteiger partial charge in [-0.2, -0.15) is 0 Å². The standard InChI is InChI=1S/C5H9IO/c1-4-2-5(6)7-3-4/h4-5H,2-3H2,1H3. The van der Waals surface area contributed by atoms with Crippen molar-refractivity contribution < 1.29 is 4.74 Å². The van der Waals surface area contributed by atoms with Crippen molar-refractivity contribution in [1.29, 1.82) is 0 Å². The molecule has 1 fully saturated rings. The minimum atomic E-state index is 0.493. The second kappa shape index (κ2) is 2.31. The van der Waals surface area contributed by atoms with Crippen molar-refractivity contribution in [2.24, 2.45) is 5.92 Å². The van der Waals surface area contributed by atoms with E-state index in [1.165, 1.54) is 6.42 Å². The lowest BCUT2D eigenvalue weighted by molar-refractivity contribution is 0.176. The largest absolute Gasteiger partial charge is 0.368 e. The Kier molecular flexibility index (Phi) is 1.92. The molecule has 1 nitrogen and oxygen atoms in total. The fourth-order valence-electron chi connectivity index (χ4n) is 0.721. The Bertz CT molecular complexity index is 57.1. The number of hydrogen-bond acceptors (Lipinski definition) is 1. The van der Waals surface area contributed by atoms with Gasteiger partial charge in [-0.3, -0.25) is 0 Å². The van der Waals surface area contributed by atoms with E-state index in [0.29, 0.717) is 4.11 Å². The van der Waals surface area contributed by atoms with Gasteiger partial charge in [0.25, 0.3) is 0 Å². The van der Waals surface area contributed by atoms with Crippen molar-refractivity contribution in [3.63, 3.8) is 0 Å². The van der Waals surface area contributed by atoms with Crippen LogP contribution in [-0.4, -0.2) is 10.7 Å². The summed E-state index contributed by atoms with van der Waals surface area (Å²) in [6, 6.07) is 0. The Balaban J connectivity index is 2.26. The van der Waals surface area contributed by atoms with Gasteiger partial charge in [0.1, 0.15) is 4.11 Å². The summed E-state index contributed by atoms with van der Waals surface area (Å²) in [7, 11) is 0. The Morgan fingerprint density at radius 2 is 2.43 bits per heavy atom. The van der Waals surface area contributed by atoms with Crippen LogP contribution >= 0.6 is 22.6 Å². The molecule has 0 N–H and O–H groups in total. The topological polar surface area (TPSA) is 9.23 Å². The summed E-state index contributed by atoms with van der Waals surface area (Å²) in [6.45, 7) is 3.19. The van der Waals surface area contributed by atoms with Gasteiger partial charge < -0.3 is 4.74 Å². The van der Waals surface area contributed by atoms with Gasteiger partial charge in [0.2, 0.25) is 0 Å². The molecule has 0 bridgehead atoms. The molecule has 1 heterocycles. The van der Waals surface area contributed by atoms with Crippen molar-refractivity contribution in [2.45, 2.75) is 17.5 Å². The summed E-state index contributed by atoms with van der Waals surface area (Å²) in [5, 5.41) is 0. The quantitative estimate of drug-likeness (QED) is 0.439. The summed E-state index contributed by atoms with van der Waals surface area (Å²) in [5.41, 5.74) is 0. The third-order valence-electron chi connectivity index (χ3n) is 1.15. The molecule has 42 valence electrons. The first-order valence-electron chi connectivity index (χ1n) is 2.54. The van der Waals surface area contributed by atoms with Gasteiger partial charge in [0, 0.05) is 0 Å². The molecule has 2 atom stereocenters. The molecule has 0 spiro atoms. The molecule has 0 aromatic rings. The molecular formula is C5H9IO. The van der Waals surface area contributed by atoms with E-state index >= 15 is 0 Å². The zero-order valence-corrected chi connectivity index (χ0v) is 6.51. The van der Waals surface area contributed by atoms with Crippen LogP contribution in [0.4, 0.5) is 0 Å². The van der Waals surface area contributed by atoms with Gasteiger partial charge in [-0.25, -0.2) is 0 Å². The van der Waals surface area contributed by atoms with Crippen molar-refractivity contribution >= 4 is 22.6 Å². The van der Waals surface area contributed by atoms with Crippen LogP contribution in [0.5, 0.6) is 0 Å². The number of rotatable bonds is 0. The van der Waals surface area contributed by atoms with E-state index in [9.17, 15) is 0 Å². The first kappa shape index (κ1) is 5.82. The van der Waals surface area contributed by atoms with Crippen molar-refractivity contribution in [3.05, 3.63) is 0 Å². The average molecular weight is 212 g/mol. The Hall–Kier alpha value is 0.690. The molecule has 2 unspecified atom stereocenters. The summed E-state index contributed by atoms with van der Waals surface area (Å²) >= 11 is 2.32. The van der Waals surface area contributed by atoms with Gasteiger partial charge >= 0.3 is 0 Å². The van der Waals surface area contributed by atoms with Crippen LogP contribution in [0.1, 0.15) is 13.3 Å². The molecule has 7 heavy (non-hydrogen) atoms. The monoisotopic (exact) mass is 212 g/mol. The highest BCUT2D eigenvalue weighted by molar-refractivity contribution is 14.1. The summed E-state index contributed by atoms with van der Waals surface area (Å²) < 4.78 is 5.74. The molecule has 1 rings (SSSR count). The van der Waals surface area contributed by atoms with Crippen LogP contribution in [0, 0.1) is 5.92 Å². The highest BCUT2D eigenvalue weighted by Crippen LogP contribution is 2.22. The summed E-state index contributed by atoms with van der Waals surface area (Å²) in [4.78, 5) is 0. The molecule has 1 saturated heterocycles. The third kappa shape index (κ3) is 1.57. The lowest BCUT2D eigenvalue weighted by Gasteiger charge is -1.92. The molecule has 1 aliphatic rings. The predicted octanol–water partition coefficient (Wildman–Crippen LogP) is 1.80. The van der Waals surface area contributed by atoms with E-state index in [2.05, 4.69) is 29.5 Å². The van der Waals surface area contributed by atoms with Gasteiger partial charge in [0.05, 0.1) is 6.61 Å². The fraction of sp³-hybridized carbons (Fsp3) is 1.00. The number of halogens is 1. The summed E-state index contributed by atoms with van der Waals surface area (Å²) in [6.07, 6.45) is 1.24. The van der Waals surface area contributed by atoms with E-state index in [-0.39, 0.29) is 0 Å². The highest BCUT2D eigenvalue weighted by atomic mass is 127. The smallest absolute Gasteiger partial charge is 0.109 e. The van der Waals surface area contributed by atoms with Crippen LogP contribution in [-0.2, 0) is 4.74 Å². The Morgan fingerprint density at radius 1 is 1.71 bits per heavy atom. The zero-order chi connectivity index (χ0) is 5.28. The fourth-order valence-corrected chi connectivity index (χ4v) is 1.80. The lowest BCUT2D eigenvalue weighted by atomic mass is 10.2. The molecule has 1 aliphatic heterocycles. The molecule has 0 radical (unpaired) electrons.